The van der Waals surface area contributed by atoms with Crippen molar-refractivity contribution in [2.24, 2.45) is 0 Å². The maximum absolute atomic E-state index is 4.46. The number of aromatic nitrogens is 1. The molecule has 0 aliphatic rings. The molecule has 0 spiro atoms. The van der Waals surface area contributed by atoms with E-state index in [0.29, 0.717) is 0 Å². The first-order valence-electron chi connectivity index (χ1n) is 5.20. The first kappa shape index (κ1) is 11.6. The molecule has 2 rings (SSSR count). The number of hydrogen-bond acceptors (Lipinski definition) is 3. The van der Waals surface area contributed by atoms with E-state index in [9.17, 15) is 0 Å². The third kappa shape index (κ3) is 3.06. The topological polar surface area (TPSA) is 24.9 Å². The molecule has 0 radical (unpaired) electrons. The molecule has 0 fully saturated rings. The lowest BCUT2D eigenvalue weighted by Gasteiger charge is -2.03. The number of hydrogen-bond donors (Lipinski definition) is 1. The van der Waals surface area contributed by atoms with Gasteiger partial charge in [0.15, 0.2) is 5.13 Å². The molecule has 1 aromatic carbocycles. The van der Waals surface area contributed by atoms with E-state index in [1.165, 1.54) is 5.56 Å². The minimum atomic E-state index is 0.816. The lowest BCUT2D eigenvalue weighted by molar-refractivity contribution is 1.05. The summed E-state index contributed by atoms with van der Waals surface area (Å²) >= 11 is 5.13. The van der Waals surface area contributed by atoms with E-state index in [4.69, 9.17) is 0 Å². The predicted molar refractivity (Wildman–Crippen MR) is 73.0 cm³/mol. The highest BCUT2D eigenvalue weighted by molar-refractivity contribution is 9.10. The summed E-state index contributed by atoms with van der Waals surface area (Å²) < 4.78 is 1.11. The standard InChI is InChI=1S/C12H13BrN2S/c1-2-11-8-16-12(15-11)14-7-9-4-3-5-10(13)6-9/h3-6,8H,2,7H2,1H3,(H,14,15). The van der Waals surface area contributed by atoms with Crippen molar-refractivity contribution >= 4 is 32.4 Å². The summed E-state index contributed by atoms with van der Waals surface area (Å²) in [6.45, 7) is 2.93. The normalized spacial score (nSPS) is 10.4. The molecule has 1 N–H and O–H groups in total. The van der Waals surface area contributed by atoms with Gasteiger partial charge in [-0.3, -0.25) is 0 Å². The van der Waals surface area contributed by atoms with Crippen LogP contribution in [0.1, 0.15) is 18.2 Å². The zero-order valence-electron chi connectivity index (χ0n) is 9.03. The molecule has 16 heavy (non-hydrogen) atoms. The van der Waals surface area contributed by atoms with Crippen LogP contribution in [0.25, 0.3) is 0 Å². The van der Waals surface area contributed by atoms with Gasteiger partial charge >= 0.3 is 0 Å². The number of benzene rings is 1. The third-order valence-corrected chi connectivity index (χ3v) is 3.59. The van der Waals surface area contributed by atoms with E-state index < -0.39 is 0 Å². The Morgan fingerprint density at radius 1 is 1.44 bits per heavy atom. The van der Waals surface area contributed by atoms with Crippen LogP contribution in [0.15, 0.2) is 34.1 Å². The molecule has 2 aromatic rings. The second-order valence-corrected chi connectivity index (χ2v) is 5.25. The number of aryl methyl sites for hydroxylation is 1. The fraction of sp³-hybridized carbons (Fsp3) is 0.250. The summed E-state index contributed by atoms with van der Waals surface area (Å²) in [5.41, 5.74) is 2.41. The average molecular weight is 297 g/mol. The van der Waals surface area contributed by atoms with Crippen LogP contribution in [0.2, 0.25) is 0 Å². The Hall–Kier alpha value is -0.870. The highest BCUT2D eigenvalue weighted by atomic mass is 79.9. The quantitative estimate of drug-likeness (QED) is 0.919. The van der Waals surface area contributed by atoms with Gasteiger partial charge in [0.25, 0.3) is 0 Å². The maximum atomic E-state index is 4.46. The van der Waals surface area contributed by atoms with Crippen LogP contribution < -0.4 is 5.32 Å². The molecule has 0 unspecified atom stereocenters. The molecule has 0 saturated carbocycles. The number of thiazole rings is 1. The van der Waals surface area contributed by atoms with Crippen molar-refractivity contribution in [3.8, 4) is 0 Å². The Kier molecular flexibility index (Phi) is 3.96. The van der Waals surface area contributed by atoms with Crippen LogP contribution in [0.5, 0.6) is 0 Å². The van der Waals surface area contributed by atoms with Gasteiger partial charge in [-0.1, -0.05) is 35.0 Å². The number of nitrogens with one attached hydrogen (secondary N) is 1. The van der Waals surface area contributed by atoms with Crippen molar-refractivity contribution in [1.29, 1.82) is 0 Å². The monoisotopic (exact) mass is 296 g/mol. The largest absolute Gasteiger partial charge is 0.357 e. The Bertz CT molecular complexity index is 468. The fourth-order valence-electron chi connectivity index (χ4n) is 1.38. The lowest BCUT2D eigenvalue weighted by Crippen LogP contribution is -1.98. The number of nitrogens with zero attached hydrogens (tertiary/aromatic N) is 1. The molecule has 0 amide bonds. The predicted octanol–water partition coefficient (Wildman–Crippen LogP) is 4.08. The molecule has 0 bridgehead atoms. The molecule has 4 heteroatoms. The van der Waals surface area contributed by atoms with Crippen LogP contribution in [0, 0.1) is 0 Å². The Morgan fingerprint density at radius 2 is 2.31 bits per heavy atom. The number of anilines is 1. The molecular formula is C12H13BrN2S. The van der Waals surface area contributed by atoms with E-state index in [2.05, 4.69) is 50.7 Å². The maximum Gasteiger partial charge on any atom is 0.183 e. The minimum absolute atomic E-state index is 0.816. The van der Waals surface area contributed by atoms with Gasteiger partial charge < -0.3 is 5.32 Å². The second-order valence-electron chi connectivity index (χ2n) is 3.48. The summed E-state index contributed by atoms with van der Waals surface area (Å²) in [6, 6.07) is 8.29. The van der Waals surface area contributed by atoms with Crippen molar-refractivity contribution in [3.05, 3.63) is 45.4 Å². The zero-order chi connectivity index (χ0) is 11.4. The molecule has 0 aliphatic carbocycles. The molecule has 2 nitrogen and oxygen atoms in total. The van der Waals surface area contributed by atoms with Crippen LogP contribution in [0.3, 0.4) is 0 Å². The Morgan fingerprint density at radius 3 is 3.00 bits per heavy atom. The van der Waals surface area contributed by atoms with Crippen molar-refractivity contribution < 1.29 is 0 Å². The van der Waals surface area contributed by atoms with E-state index in [1.807, 2.05) is 12.1 Å². The number of rotatable bonds is 4. The first-order chi connectivity index (χ1) is 7.78. The van der Waals surface area contributed by atoms with E-state index >= 15 is 0 Å². The molecule has 1 heterocycles. The van der Waals surface area contributed by atoms with E-state index in [0.717, 1.165) is 28.3 Å². The van der Waals surface area contributed by atoms with Crippen LogP contribution in [-0.2, 0) is 13.0 Å². The third-order valence-electron chi connectivity index (χ3n) is 2.25. The summed E-state index contributed by atoms with van der Waals surface area (Å²) in [5, 5.41) is 6.43. The second kappa shape index (κ2) is 5.46. The summed E-state index contributed by atoms with van der Waals surface area (Å²) in [4.78, 5) is 4.46. The van der Waals surface area contributed by atoms with Crippen molar-refractivity contribution in [1.82, 2.24) is 4.98 Å². The average Bonchev–Trinajstić information content (AvgIpc) is 2.74. The van der Waals surface area contributed by atoms with Crippen LogP contribution >= 0.6 is 27.3 Å². The fourth-order valence-corrected chi connectivity index (χ4v) is 2.61. The van der Waals surface area contributed by atoms with Gasteiger partial charge in [-0.15, -0.1) is 11.3 Å². The van der Waals surface area contributed by atoms with Crippen molar-refractivity contribution in [2.45, 2.75) is 19.9 Å². The SMILES string of the molecule is CCc1csc(NCc2cccc(Br)c2)n1. The van der Waals surface area contributed by atoms with Gasteiger partial charge in [-0.25, -0.2) is 4.98 Å². The Labute approximate surface area is 108 Å². The Balaban J connectivity index is 1.96. The van der Waals surface area contributed by atoms with E-state index in [1.54, 1.807) is 11.3 Å². The van der Waals surface area contributed by atoms with E-state index in [-0.39, 0.29) is 0 Å². The summed E-state index contributed by atoms with van der Waals surface area (Å²) in [6.07, 6.45) is 0.995. The first-order valence-corrected chi connectivity index (χ1v) is 6.88. The van der Waals surface area contributed by atoms with Gasteiger partial charge in [0.05, 0.1) is 5.69 Å². The van der Waals surface area contributed by atoms with Gasteiger partial charge in [0.2, 0.25) is 0 Å². The zero-order valence-corrected chi connectivity index (χ0v) is 11.4. The highest BCUT2D eigenvalue weighted by Crippen LogP contribution is 2.17. The van der Waals surface area contributed by atoms with Crippen molar-refractivity contribution in [3.63, 3.8) is 0 Å². The highest BCUT2D eigenvalue weighted by Gasteiger charge is 2.00. The van der Waals surface area contributed by atoms with Crippen LogP contribution in [-0.4, -0.2) is 4.98 Å². The molecule has 84 valence electrons. The van der Waals surface area contributed by atoms with Gasteiger partial charge in [-0.05, 0) is 24.1 Å². The van der Waals surface area contributed by atoms with Gasteiger partial charge in [0.1, 0.15) is 0 Å². The van der Waals surface area contributed by atoms with Crippen molar-refractivity contribution in [2.75, 3.05) is 5.32 Å². The number of halogens is 1. The molecule has 0 atom stereocenters. The molecule has 1 aromatic heterocycles. The molecule has 0 aliphatic heterocycles. The lowest BCUT2D eigenvalue weighted by atomic mass is 10.2. The summed E-state index contributed by atoms with van der Waals surface area (Å²) in [5.74, 6) is 0. The molecule has 0 saturated heterocycles. The van der Waals surface area contributed by atoms with Gasteiger partial charge in [-0.2, -0.15) is 0 Å². The molecular weight excluding hydrogens is 284 g/mol. The van der Waals surface area contributed by atoms with Crippen LogP contribution in [0.4, 0.5) is 5.13 Å². The van der Waals surface area contributed by atoms with Gasteiger partial charge in [0, 0.05) is 16.4 Å². The smallest absolute Gasteiger partial charge is 0.183 e. The minimum Gasteiger partial charge on any atom is -0.357 e. The summed E-state index contributed by atoms with van der Waals surface area (Å²) in [7, 11) is 0.